The lowest BCUT2D eigenvalue weighted by molar-refractivity contribution is -0.268. The molecule has 0 radical (unpaired) electrons. The molecule has 44 heavy (non-hydrogen) atoms. The zero-order chi connectivity index (χ0) is 31.6. The van der Waals surface area contributed by atoms with E-state index in [1.165, 1.54) is 11.1 Å². The first-order chi connectivity index (χ1) is 21.6. The molecule has 7 heteroatoms. The molecular formula is C37H58ClNO5. The fourth-order valence-electron chi connectivity index (χ4n) is 5.55. The highest BCUT2D eigenvalue weighted by atomic mass is 35.5. The number of nitrogens with two attached hydrogens (primary N) is 1. The van der Waals surface area contributed by atoms with E-state index in [2.05, 4.69) is 64.1 Å². The first-order valence-electron chi connectivity index (χ1n) is 17.2. The summed E-state index contributed by atoms with van der Waals surface area (Å²) in [6.45, 7) is 12.5. The summed E-state index contributed by atoms with van der Waals surface area (Å²) in [5, 5.41) is 0.745. The molecule has 3 rings (SSSR count). The van der Waals surface area contributed by atoms with Gasteiger partial charge in [0.2, 0.25) is 0 Å². The number of halogens is 1. The summed E-state index contributed by atoms with van der Waals surface area (Å²) in [6, 6.07) is 14.9. The molecule has 1 heterocycles. The molecule has 0 spiro atoms. The number of hydrogen-bond donors (Lipinski definition) is 1. The van der Waals surface area contributed by atoms with Crippen LogP contribution in [-0.2, 0) is 36.5 Å². The van der Waals surface area contributed by atoms with E-state index in [4.69, 9.17) is 41.0 Å². The molecule has 0 bridgehead atoms. The third-order valence-corrected chi connectivity index (χ3v) is 8.60. The van der Waals surface area contributed by atoms with Crippen LogP contribution < -0.4 is 5.73 Å². The van der Waals surface area contributed by atoms with Gasteiger partial charge in [-0.25, -0.2) is 0 Å². The van der Waals surface area contributed by atoms with Gasteiger partial charge < -0.3 is 29.4 Å². The fourth-order valence-corrected chi connectivity index (χ4v) is 5.73. The molecule has 0 aliphatic carbocycles. The molecule has 0 unspecified atom stereocenters. The van der Waals surface area contributed by atoms with Crippen LogP contribution in [0.15, 0.2) is 42.5 Å². The van der Waals surface area contributed by atoms with Crippen LogP contribution in [0.2, 0.25) is 5.02 Å². The molecule has 1 aliphatic heterocycles. The lowest BCUT2D eigenvalue weighted by atomic mass is 9.89. The summed E-state index contributed by atoms with van der Waals surface area (Å²) < 4.78 is 33.0. The average Bonchev–Trinajstić information content (AvgIpc) is 3.03. The van der Waals surface area contributed by atoms with Gasteiger partial charge in [0.05, 0.1) is 6.61 Å². The van der Waals surface area contributed by atoms with E-state index in [1.807, 2.05) is 6.07 Å². The molecule has 248 valence electrons. The van der Waals surface area contributed by atoms with Crippen LogP contribution in [-0.4, -0.2) is 64.0 Å². The van der Waals surface area contributed by atoms with Gasteiger partial charge in [0.25, 0.3) is 0 Å². The predicted octanol–water partition coefficient (Wildman–Crippen LogP) is 8.24. The SMILES string of the molecule is CCCCOC[C@H]1O[C@@H](c2ccc(Cl)c(Cc3ccc(CCN)cc3)c2)[C@H](OCCCC)[C@@H](OCCCC)[C@@H]1OCCCC. The summed E-state index contributed by atoms with van der Waals surface area (Å²) in [5.41, 5.74) is 10.3. The quantitative estimate of drug-likeness (QED) is 0.132. The van der Waals surface area contributed by atoms with E-state index in [-0.39, 0.29) is 30.5 Å². The summed E-state index contributed by atoms with van der Waals surface area (Å²) in [6.07, 6.45) is 8.35. The maximum atomic E-state index is 6.95. The second-order valence-electron chi connectivity index (χ2n) is 12.0. The van der Waals surface area contributed by atoms with E-state index in [0.29, 0.717) is 39.6 Å². The van der Waals surface area contributed by atoms with Gasteiger partial charge in [-0.2, -0.15) is 0 Å². The monoisotopic (exact) mass is 631 g/mol. The Hall–Kier alpha value is -1.51. The van der Waals surface area contributed by atoms with E-state index >= 15 is 0 Å². The summed E-state index contributed by atoms with van der Waals surface area (Å²) in [5.74, 6) is 0. The lowest BCUT2D eigenvalue weighted by Crippen LogP contribution is -2.58. The highest BCUT2D eigenvalue weighted by molar-refractivity contribution is 6.31. The van der Waals surface area contributed by atoms with Gasteiger partial charge in [0.1, 0.15) is 30.5 Å². The maximum absolute atomic E-state index is 6.95. The van der Waals surface area contributed by atoms with Crippen LogP contribution in [0.25, 0.3) is 0 Å². The molecule has 1 fully saturated rings. The number of rotatable bonds is 22. The third-order valence-electron chi connectivity index (χ3n) is 8.23. The van der Waals surface area contributed by atoms with Crippen molar-refractivity contribution in [3.8, 4) is 0 Å². The maximum Gasteiger partial charge on any atom is 0.117 e. The van der Waals surface area contributed by atoms with Crippen LogP contribution in [0.3, 0.4) is 0 Å². The highest BCUT2D eigenvalue weighted by Crippen LogP contribution is 2.39. The first kappa shape index (κ1) is 37.0. The number of benzene rings is 2. The predicted molar refractivity (Wildman–Crippen MR) is 181 cm³/mol. The van der Waals surface area contributed by atoms with E-state index in [1.54, 1.807) is 0 Å². The van der Waals surface area contributed by atoms with Gasteiger partial charge in [0.15, 0.2) is 0 Å². The Morgan fingerprint density at radius 2 is 1.27 bits per heavy atom. The van der Waals surface area contributed by atoms with Crippen LogP contribution in [0, 0.1) is 0 Å². The molecule has 1 saturated heterocycles. The van der Waals surface area contributed by atoms with Gasteiger partial charge in [-0.15, -0.1) is 0 Å². The van der Waals surface area contributed by atoms with Crippen molar-refractivity contribution in [1.29, 1.82) is 0 Å². The van der Waals surface area contributed by atoms with Crippen molar-refractivity contribution >= 4 is 11.6 Å². The Balaban J connectivity index is 1.96. The highest BCUT2D eigenvalue weighted by Gasteiger charge is 2.48. The second-order valence-corrected chi connectivity index (χ2v) is 12.4. The van der Waals surface area contributed by atoms with Gasteiger partial charge >= 0.3 is 0 Å². The number of hydrogen-bond acceptors (Lipinski definition) is 6. The van der Waals surface area contributed by atoms with E-state index < -0.39 is 0 Å². The average molecular weight is 632 g/mol. The molecule has 1 aliphatic rings. The lowest BCUT2D eigenvalue weighted by Gasteiger charge is -2.46. The van der Waals surface area contributed by atoms with Crippen LogP contribution in [0.5, 0.6) is 0 Å². The van der Waals surface area contributed by atoms with Crippen molar-refractivity contribution in [3.05, 3.63) is 69.7 Å². The minimum Gasteiger partial charge on any atom is -0.379 e. The minimum absolute atomic E-state index is 0.275. The second kappa shape index (κ2) is 21.3. The van der Waals surface area contributed by atoms with E-state index in [0.717, 1.165) is 80.4 Å². The molecule has 6 nitrogen and oxygen atoms in total. The normalized spacial score (nSPS) is 22.0. The molecule has 5 atom stereocenters. The Kier molecular flexibility index (Phi) is 17.9. The summed E-state index contributed by atoms with van der Waals surface area (Å²) >= 11 is 6.79. The van der Waals surface area contributed by atoms with Crippen molar-refractivity contribution in [1.82, 2.24) is 0 Å². The van der Waals surface area contributed by atoms with Crippen LogP contribution in [0.4, 0.5) is 0 Å². The van der Waals surface area contributed by atoms with Gasteiger partial charge in [-0.3, -0.25) is 0 Å². The van der Waals surface area contributed by atoms with Crippen molar-refractivity contribution in [3.63, 3.8) is 0 Å². The molecule has 0 saturated carbocycles. The summed E-state index contributed by atoms with van der Waals surface area (Å²) in [4.78, 5) is 0. The molecule has 2 aromatic rings. The van der Waals surface area contributed by atoms with E-state index in [9.17, 15) is 0 Å². The van der Waals surface area contributed by atoms with Gasteiger partial charge in [-0.1, -0.05) is 101 Å². The van der Waals surface area contributed by atoms with Crippen molar-refractivity contribution in [2.45, 2.75) is 122 Å². The van der Waals surface area contributed by atoms with Crippen molar-refractivity contribution in [2.24, 2.45) is 5.73 Å². The molecular weight excluding hydrogens is 574 g/mol. The molecule has 0 amide bonds. The number of unbranched alkanes of at least 4 members (excludes halogenated alkanes) is 4. The Morgan fingerprint density at radius 1 is 0.705 bits per heavy atom. The Bertz CT molecular complexity index is 1040. The first-order valence-corrected chi connectivity index (χ1v) is 17.6. The molecule has 2 N–H and O–H groups in total. The third kappa shape index (κ3) is 11.7. The van der Waals surface area contributed by atoms with Gasteiger partial charge in [-0.05, 0) is 73.4 Å². The standard InChI is InChI=1S/C37H58ClNO5/c1-5-9-21-40-27-33-35(41-22-10-6-2)37(43-24-12-8-4)36(42-23-11-7-3)34(44-33)30-17-18-32(38)31(26-30)25-29-15-13-28(14-16-29)19-20-39/h13-18,26,33-37H,5-12,19-25,27,39H2,1-4H3/t33-,34+,35-,36+,37+/m1/s1. The smallest absolute Gasteiger partial charge is 0.117 e. The molecule has 0 aromatic heterocycles. The number of ether oxygens (including phenoxy) is 5. The zero-order valence-electron chi connectivity index (χ0n) is 27.7. The van der Waals surface area contributed by atoms with Gasteiger partial charge in [0, 0.05) is 31.5 Å². The Labute approximate surface area is 272 Å². The largest absolute Gasteiger partial charge is 0.379 e. The fraction of sp³-hybridized carbons (Fsp3) is 0.676. The topological polar surface area (TPSA) is 72.2 Å². The Morgan fingerprint density at radius 3 is 1.89 bits per heavy atom. The van der Waals surface area contributed by atoms with Crippen LogP contribution >= 0.6 is 11.6 Å². The van der Waals surface area contributed by atoms with Crippen molar-refractivity contribution < 1.29 is 23.7 Å². The summed E-state index contributed by atoms with van der Waals surface area (Å²) in [7, 11) is 0. The van der Waals surface area contributed by atoms with Crippen molar-refractivity contribution in [2.75, 3.05) is 39.6 Å². The molecule has 2 aromatic carbocycles. The minimum atomic E-state index is -0.341. The van der Waals surface area contributed by atoms with Crippen LogP contribution in [0.1, 0.15) is 107 Å². The zero-order valence-corrected chi connectivity index (χ0v) is 28.5.